The normalized spacial score (nSPS) is 13.8. The molecule has 0 spiro atoms. The van der Waals surface area contributed by atoms with E-state index < -0.39 is 26.6 Å². The van der Waals surface area contributed by atoms with Crippen LogP contribution in [0.15, 0.2) is 23.1 Å². The summed E-state index contributed by atoms with van der Waals surface area (Å²) in [6.45, 7) is 4.18. The summed E-state index contributed by atoms with van der Waals surface area (Å²) in [5.74, 6) is -1.49. The zero-order valence-corrected chi connectivity index (χ0v) is 13.1. The third-order valence-electron chi connectivity index (χ3n) is 2.41. The molecule has 1 aromatic rings. The van der Waals surface area contributed by atoms with E-state index >= 15 is 0 Å². The highest BCUT2D eigenvalue weighted by Crippen LogP contribution is 2.17. The number of rotatable bonds is 6. The Morgan fingerprint density at radius 3 is 2.47 bits per heavy atom. The summed E-state index contributed by atoms with van der Waals surface area (Å²) in [6, 6.07) is 2.38. The minimum absolute atomic E-state index is 0.0363. The highest BCUT2D eigenvalue weighted by molar-refractivity contribution is 9.09. The maximum absolute atomic E-state index is 13.4. The van der Waals surface area contributed by atoms with Crippen molar-refractivity contribution >= 4 is 26.0 Å². The first kappa shape index (κ1) is 16.5. The van der Waals surface area contributed by atoms with Gasteiger partial charge in [0.15, 0.2) is 0 Å². The first-order chi connectivity index (χ1) is 8.72. The van der Waals surface area contributed by atoms with E-state index in [2.05, 4.69) is 20.7 Å². The molecule has 0 bridgehead atoms. The molecule has 0 aliphatic heterocycles. The molecule has 0 aliphatic carbocycles. The molecule has 19 heavy (non-hydrogen) atoms. The Bertz CT molecular complexity index is 535. The lowest BCUT2D eigenvalue weighted by Crippen LogP contribution is -2.30. The molecule has 1 unspecified atom stereocenters. The molecule has 0 fully saturated rings. The quantitative estimate of drug-likeness (QED) is 0.797. The van der Waals surface area contributed by atoms with Gasteiger partial charge in [-0.15, -0.1) is 0 Å². The fraction of sp³-hybridized carbons (Fsp3) is 0.500. The van der Waals surface area contributed by atoms with Gasteiger partial charge in [-0.3, -0.25) is 0 Å². The average molecular weight is 356 g/mol. The fourth-order valence-electron chi connectivity index (χ4n) is 1.57. The second-order valence-corrected chi connectivity index (χ2v) is 7.68. The lowest BCUT2D eigenvalue weighted by Gasteiger charge is -2.13. The summed E-state index contributed by atoms with van der Waals surface area (Å²) in [4.78, 5) is -0.580. The van der Waals surface area contributed by atoms with E-state index in [0.717, 1.165) is 18.6 Å². The van der Waals surface area contributed by atoms with Crippen molar-refractivity contribution in [3.05, 3.63) is 29.8 Å². The van der Waals surface area contributed by atoms with Gasteiger partial charge in [0, 0.05) is 17.4 Å². The molecule has 0 aliphatic rings. The number of halogens is 3. The van der Waals surface area contributed by atoms with Gasteiger partial charge in [0.1, 0.15) is 16.5 Å². The molecule has 108 valence electrons. The van der Waals surface area contributed by atoms with E-state index in [4.69, 9.17) is 0 Å². The van der Waals surface area contributed by atoms with Crippen molar-refractivity contribution in [3.8, 4) is 0 Å². The predicted octanol–water partition coefficient (Wildman–Crippen LogP) is 3.05. The largest absolute Gasteiger partial charge is 0.243 e. The van der Waals surface area contributed by atoms with Crippen LogP contribution in [0.25, 0.3) is 0 Å². The minimum Gasteiger partial charge on any atom is -0.210 e. The van der Waals surface area contributed by atoms with Crippen molar-refractivity contribution in [2.45, 2.75) is 30.0 Å². The third kappa shape index (κ3) is 5.16. The zero-order chi connectivity index (χ0) is 14.6. The zero-order valence-electron chi connectivity index (χ0n) is 10.7. The summed E-state index contributed by atoms with van der Waals surface area (Å²) in [5, 5.41) is 0. The number of alkyl halides is 1. The summed E-state index contributed by atoms with van der Waals surface area (Å²) >= 11 is 3.35. The molecule has 1 N–H and O–H groups in total. The lowest BCUT2D eigenvalue weighted by molar-refractivity contribution is 0.534. The highest BCUT2D eigenvalue weighted by atomic mass is 79.9. The first-order valence-electron chi connectivity index (χ1n) is 5.81. The Morgan fingerprint density at radius 1 is 1.32 bits per heavy atom. The molecular weight excluding hydrogens is 340 g/mol. The Balaban J connectivity index is 2.76. The van der Waals surface area contributed by atoms with Gasteiger partial charge in [0.25, 0.3) is 0 Å². The molecule has 0 heterocycles. The molecule has 0 aromatic heterocycles. The topological polar surface area (TPSA) is 46.2 Å². The molecule has 0 saturated carbocycles. The van der Waals surface area contributed by atoms with Crippen LogP contribution < -0.4 is 4.72 Å². The maximum Gasteiger partial charge on any atom is 0.243 e. The van der Waals surface area contributed by atoms with E-state index in [1.54, 1.807) is 0 Å². The number of nitrogens with one attached hydrogen (secondary N) is 1. The van der Waals surface area contributed by atoms with Gasteiger partial charge in [-0.25, -0.2) is 21.9 Å². The smallest absolute Gasteiger partial charge is 0.210 e. The minimum atomic E-state index is -3.96. The van der Waals surface area contributed by atoms with Crippen LogP contribution in [0.5, 0.6) is 0 Å². The van der Waals surface area contributed by atoms with E-state index in [1.807, 2.05) is 13.8 Å². The van der Waals surface area contributed by atoms with Crippen molar-refractivity contribution in [2.75, 3.05) is 6.54 Å². The predicted molar refractivity (Wildman–Crippen MR) is 73.7 cm³/mol. The fourth-order valence-corrected chi connectivity index (χ4v) is 3.83. The Labute approximate surface area is 120 Å². The number of hydrogen-bond donors (Lipinski definition) is 1. The van der Waals surface area contributed by atoms with Gasteiger partial charge >= 0.3 is 0 Å². The molecule has 0 radical (unpaired) electrons. The SMILES string of the molecule is CC(C)CC(Br)CNS(=O)(=O)c1ccc(F)cc1F. The van der Waals surface area contributed by atoms with E-state index in [-0.39, 0.29) is 11.4 Å². The summed E-state index contributed by atoms with van der Waals surface area (Å²) in [6.07, 6.45) is 0.786. The molecule has 0 amide bonds. The van der Waals surface area contributed by atoms with Crippen LogP contribution in [0.3, 0.4) is 0 Å². The molecule has 7 heteroatoms. The third-order valence-corrected chi connectivity index (χ3v) is 4.56. The van der Waals surface area contributed by atoms with Gasteiger partial charge in [0.2, 0.25) is 10.0 Å². The summed E-state index contributed by atoms with van der Waals surface area (Å²) < 4.78 is 52.2. The van der Waals surface area contributed by atoms with Crippen LogP contribution in [-0.4, -0.2) is 19.8 Å². The molecule has 1 rings (SSSR count). The van der Waals surface area contributed by atoms with Crippen LogP contribution in [0.1, 0.15) is 20.3 Å². The summed E-state index contributed by atoms with van der Waals surface area (Å²) in [5.41, 5.74) is 0. The van der Waals surface area contributed by atoms with E-state index in [0.29, 0.717) is 12.0 Å². The Morgan fingerprint density at radius 2 is 1.95 bits per heavy atom. The second kappa shape index (κ2) is 6.76. The lowest BCUT2D eigenvalue weighted by atomic mass is 10.1. The first-order valence-corrected chi connectivity index (χ1v) is 8.21. The van der Waals surface area contributed by atoms with Crippen molar-refractivity contribution in [1.82, 2.24) is 4.72 Å². The van der Waals surface area contributed by atoms with Gasteiger partial charge in [-0.05, 0) is 24.5 Å². The standard InChI is InChI=1S/C12H16BrF2NO2S/c1-8(2)5-9(13)7-16-19(17,18)12-4-3-10(14)6-11(12)15/h3-4,6,8-9,16H,5,7H2,1-2H3. The molecule has 1 atom stereocenters. The highest BCUT2D eigenvalue weighted by Gasteiger charge is 2.20. The average Bonchev–Trinajstić information content (AvgIpc) is 2.25. The van der Waals surface area contributed by atoms with Crippen LogP contribution in [-0.2, 0) is 10.0 Å². The Hall–Kier alpha value is -0.530. The molecule has 1 aromatic carbocycles. The van der Waals surface area contributed by atoms with Gasteiger partial charge < -0.3 is 0 Å². The van der Waals surface area contributed by atoms with Crippen LogP contribution in [0.4, 0.5) is 8.78 Å². The van der Waals surface area contributed by atoms with Crippen molar-refractivity contribution < 1.29 is 17.2 Å². The second-order valence-electron chi connectivity index (χ2n) is 4.65. The van der Waals surface area contributed by atoms with Crippen LogP contribution >= 0.6 is 15.9 Å². The van der Waals surface area contributed by atoms with E-state index in [1.165, 1.54) is 0 Å². The molecule has 0 saturated heterocycles. The number of sulfonamides is 1. The van der Waals surface area contributed by atoms with Gasteiger partial charge in [0.05, 0.1) is 0 Å². The Kier molecular flexibility index (Phi) is 5.88. The number of hydrogen-bond acceptors (Lipinski definition) is 2. The van der Waals surface area contributed by atoms with Crippen molar-refractivity contribution in [2.24, 2.45) is 5.92 Å². The van der Waals surface area contributed by atoms with Gasteiger partial charge in [-0.1, -0.05) is 29.8 Å². The van der Waals surface area contributed by atoms with Crippen LogP contribution in [0.2, 0.25) is 0 Å². The molecular formula is C12H16BrF2NO2S. The van der Waals surface area contributed by atoms with Crippen LogP contribution in [0, 0.1) is 17.6 Å². The van der Waals surface area contributed by atoms with Gasteiger partial charge in [-0.2, -0.15) is 0 Å². The maximum atomic E-state index is 13.4. The summed E-state index contributed by atoms with van der Waals surface area (Å²) in [7, 11) is -3.96. The van der Waals surface area contributed by atoms with Crippen molar-refractivity contribution in [1.29, 1.82) is 0 Å². The van der Waals surface area contributed by atoms with Crippen molar-refractivity contribution in [3.63, 3.8) is 0 Å². The number of benzene rings is 1. The monoisotopic (exact) mass is 355 g/mol. The van der Waals surface area contributed by atoms with E-state index in [9.17, 15) is 17.2 Å². The molecule has 3 nitrogen and oxygen atoms in total.